The Hall–Kier alpha value is -3.14. The van der Waals surface area contributed by atoms with Crippen LogP contribution in [0.15, 0.2) is 41.3 Å². The van der Waals surface area contributed by atoms with Gasteiger partial charge in [-0.3, -0.25) is 14.9 Å². The molecule has 1 N–H and O–H groups in total. The van der Waals surface area contributed by atoms with Gasteiger partial charge in [-0.05, 0) is 18.2 Å². The molecule has 2 aromatic carbocycles. The number of amides is 1. The van der Waals surface area contributed by atoms with Crippen molar-refractivity contribution in [2.45, 2.75) is 11.3 Å². The van der Waals surface area contributed by atoms with Gasteiger partial charge in [0.1, 0.15) is 0 Å². The van der Waals surface area contributed by atoms with Gasteiger partial charge in [-0.2, -0.15) is 0 Å². The van der Waals surface area contributed by atoms with E-state index in [9.17, 15) is 23.3 Å². The van der Waals surface area contributed by atoms with Crippen LogP contribution >= 0.6 is 0 Å². The number of fused-ring (bicyclic) bond motifs is 1. The lowest BCUT2D eigenvalue weighted by Gasteiger charge is -2.11. The average molecular weight is 392 g/mol. The minimum atomic E-state index is -3.72. The summed E-state index contributed by atoms with van der Waals surface area (Å²) in [6, 6.07) is 7.85. The lowest BCUT2D eigenvalue weighted by Crippen LogP contribution is -2.13. The Morgan fingerprint density at radius 1 is 1.11 bits per heavy atom. The van der Waals surface area contributed by atoms with Gasteiger partial charge in [-0.15, -0.1) is 0 Å². The second kappa shape index (κ2) is 7.23. The molecule has 1 heterocycles. The number of rotatable bonds is 4. The number of non-ortho nitro benzene ring substituents is 1. The van der Waals surface area contributed by atoms with Gasteiger partial charge in [0.15, 0.2) is 21.3 Å². The first-order chi connectivity index (χ1) is 12.7. The first-order valence-electron chi connectivity index (χ1n) is 7.94. The van der Waals surface area contributed by atoms with Crippen molar-refractivity contribution in [3.8, 4) is 11.5 Å². The quantitative estimate of drug-likeness (QED) is 0.625. The summed E-state index contributed by atoms with van der Waals surface area (Å²) in [4.78, 5) is 22.5. The highest BCUT2D eigenvalue weighted by Crippen LogP contribution is 2.32. The minimum Gasteiger partial charge on any atom is -0.490 e. The highest BCUT2D eigenvalue weighted by atomic mass is 32.2. The molecule has 2 aromatic rings. The lowest BCUT2D eigenvalue weighted by atomic mass is 10.2. The average Bonchev–Trinajstić information content (AvgIpc) is 2.85. The van der Waals surface area contributed by atoms with Crippen LogP contribution in [0.1, 0.15) is 16.8 Å². The van der Waals surface area contributed by atoms with Crippen LogP contribution in [0.3, 0.4) is 0 Å². The van der Waals surface area contributed by atoms with Gasteiger partial charge >= 0.3 is 0 Å². The summed E-state index contributed by atoms with van der Waals surface area (Å²) >= 11 is 0. The van der Waals surface area contributed by atoms with E-state index in [0.29, 0.717) is 30.4 Å². The van der Waals surface area contributed by atoms with Gasteiger partial charge in [0.2, 0.25) is 0 Å². The Kier molecular flexibility index (Phi) is 5.00. The molecule has 0 aliphatic carbocycles. The summed E-state index contributed by atoms with van der Waals surface area (Å²) in [6.07, 6.45) is 1.65. The monoisotopic (exact) mass is 392 g/mol. The van der Waals surface area contributed by atoms with Crippen molar-refractivity contribution in [1.29, 1.82) is 0 Å². The van der Waals surface area contributed by atoms with Crippen LogP contribution in [0.5, 0.6) is 11.5 Å². The third-order valence-corrected chi connectivity index (χ3v) is 4.89. The number of nitrogens with zero attached hydrogens (tertiary/aromatic N) is 1. The fraction of sp³-hybridized carbons (Fsp3) is 0.235. The van der Waals surface area contributed by atoms with Gasteiger partial charge in [0.25, 0.3) is 11.6 Å². The molecule has 0 atom stereocenters. The van der Waals surface area contributed by atoms with E-state index in [1.165, 1.54) is 0 Å². The molecule has 1 aliphatic heterocycles. The molecule has 9 nitrogen and oxygen atoms in total. The molecule has 3 rings (SSSR count). The molecule has 0 radical (unpaired) electrons. The SMILES string of the molecule is CS(=O)(=O)c1cc(C(=O)Nc2ccc3c(c2)OCCCO3)cc([N+](=O)[O-])c1. The standard InChI is InChI=1S/C17H16N2O7S/c1-27(23,24)14-8-11(7-13(10-14)19(21)22)17(20)18-12-3-4-15-16(9-12)26-6-2-5-25-15/h3-4,7-10H,2,5-6H2,1H3,(H,18,20). The van der Waals surface area contributed by atoms with Gasteiger partial charge in [-0.25, -0.2) is 8.42 Å². The van der Waals surface area contributed by atoms with Crippen LogP contribution in [0, 0.1) is 10.1 Å². The number of hydrogen-bond acceptors (Lipinski definition) is 7. The van der Waals surface area contributed by atoms with E-state index in [0.717, 1.165) is 30.9 Å². The van der Waals surface area contributed by atoms with E-state index in [4.69, 9.17) is 9.47 Å². The number of nitrogens with one attached hydrogen (secondary N) is 1. The van der Waals surface area contributed by atoms with E-state index in [2.05, 4.69) is 5.32 Å². The number of benzene rings is 2. The molecule has 0 spiro atoms. The number of nitro benzene ring substituents is 1. The summed E-state index contributed by atoms with van der Waals surface area (Å²) in [5, 5.41) is 13.6. The van der Waals surface area contributed by atoms with Crippen molar-refractivity contribution in [3.05, 3.63) is 52.1 Å². The van der Waals surface area contributed by atoms with Crippen molar-refractivity contribution < 1.29 is 27.6 Å². The third-order valence-electron chi connectivity index (χ3n) is 3.80. The smallest absolute Gasteiger partial charge is 0.271 e. The van der Waals surface area contributed by atoms with Gasteiger partial charge < -0.3 is 14.8 Å². The second-order valence-electron chi connectivity index (χ2n) is 5.91. The molecule has 0 aromatic heterocycles. The summed E-state index contributed by atoms with van der Waals surface area (Å²) in [5.74, 6) is 0.347. The number of carbonyl (C=O) groups excluding carboxylic acids is 1. The molecule has 1 aliphatic rings. The number of ether oxygens (including phenoxy) is 2. The number of nitro groups is 1. The molecular weight excluding hydrogens is 376 g/mol. The third kappa shape index (κ3) is 4.34. The molecule has 0 saturated heterocycles. The zero-order chi connectivity index (χ0) is 19.6. The predicted octanol–water partition coefficient (Wildman–Crippen LogP) is 2.41. The van der Waals surface area contributed by atoms with Crippen molar-refractivity contribution in [1.82, 2.24) is 0 Å². The van der Waals surface area contributed by atoms with Crippen molar-refractivity contribution >= 4 is 27.1 Å². The van der Waals surface area contributed by atoms with Crippen molar-refractivity contribution in [2.75, 3.05) is 24.8 Å². The maximum absolute atomic E-state index is 12.5. The van der Waals surface area contributed by atoms with Crippen LogP contribution in [-0.4, -0.2) is 38.7 Å². The Morgan fingerprint density at radius 2 is 1.81 bits per heavy atom. The highest BCUT2D eigenvalue weighted by molar-refractivity contribution is 7.90. The topological polar surface area (TPSA) is 125 Å². The summed E-state index contributed by atoms with van der Waals surface area (Å²) in [6.45, 7) is 1.01. The maximum Gasteiger partial charge on any atom is 0.271 e. The van der Waals surface area contributed by atoms with Crippen LogP contribution in [0.4, 0.5) is 11.4 Å². The minimum absolute atomic E-state index is 0.142. The Morgan fingerprint density at radius 3 is 2.48 bits per heavy atom. The predicted molar refractivity (Wildman–Crippen MR) is 96.2 cm³/mol. The fourth-order valence-corrected chi connectivity index (χ4v) is 3.15. The van der Waals surface area contributed by atoms with Crippen molar-refractivity contribution in [3.63, 3.8) is 0 Å². The largest absolute Gasteiger partial charge is 0.490 e. The molecular formula is C17H16N2O7S. The Bertz CT molecular complexity index is 1020. The van der Waals surface area contributed by atoms with Crippen LogP contribution in [0.2, 0.25) is 0 Å². The van der Waals surface area contributed by atoms with Gasteiger partial charge in [0.05, 0.1) is 23.0 Å². The van der Waals surface area contributed by atoms with Gasteiger partial charge in [0, 0.05) is 42.1 Å². The van der Waals surface area contributed by atoms with Crippen molar-refractivity contribution in [2.24, 2.45) is 0 Å². The Labute approximate surface area is 155 Å². The number of sulfone groups is 1. The van der Waals surface area contributed by atoms with E-state index >= 15 is 0 Å². The normalized spacial score (nSPS) is 13.5. The molecule has 1 amide bonds. The van der Waals surface area contributed by atoms with E-state index in [-0.39, 0.29) is 10.5 Å². The van der Waals surface area contributed by atoms with E-state index in [1.807, 2.05) is 0 Å². The molecule has 0 unspecified atom stereocenters. The van der Waals surface area contributed by atoms with Crippen LogP contribution in [0.25, 0.3) is 0 Å². The molecule has 10 heteroatoms. The highest BCUT2D eigenvalue weighted by Gasteiger charge is 2.20. The molecule has 142 valence electrons. The Balaban J connectivity index is 1.91. The first kappa shape index (κ1) is 18.6. The summed E-state index contributed by atoms with van der Waals surface area (Å²) in [7, 11) is -3.72. The maximum atomic E-state index is 12.5. The van der Waals surface area contributed by atoms with E-state index < -0.39 is 26.4 Å². The summed E-state index contributed by atoms with van der Waals surface area (Å²) in [5.41, 5.74) is -0.241. The lowest BCUT2D eigenvalue weighted by molar-refractivity contribution is -0.385. The molecule has 0 fully saturated rings. The zero-order valence-electron chi connectivity index (χ0n) is 14.3. The van der Waals surface area contributed by atoms with Gasteiger partial charge in [-0.1, -0.05) is 0 Å². The zero-order valence-corrected chi connectivity index (χ0v) is 15.1. The molecule has 27 heavy (non-hydrogen) atoms. The first-order valence-corrected chi connectivity index (χ1v) is 9.84. The second-order valence-corrected chi connectivity index (χ2v) is 7.93. The molecule has 0 bridgehead atoms. The number of carbonyl (C=O) groups is 1. The van der Waals surface area contributed by atoms with E-state index in [1.54, 1.807) is 18.2 Å². The fourth-order valence-electron chi connectivity index (χ4n) is 2.48. The summed E-state index contributed by atoms with van der Waals surface area (Å²) < 4.78 is 34.6. The van der Waals surface area contributed by atoms with Crippen LogP contribution < -0.4 is 14.8 Å². The molecule has 0 saturated carbocycles. The number of hydrogen-bond donors (Lipinski definition) is 1. The number of anilines is 1. The van der Waals surface area contributed by atoms with Crippen LogP contribution in [-0.2, 0) is 9.84 Å².